The van der Waals surface area contributed by atoms with E-state index in [1.165, 1.54) is 0 Å². The minimum absolute atomic E-state index is 0.159. The number of aryl methyl sites for hydroxylation is 1. The van der Waals surface area contributed by atoms with Crippen molar-refractivity contribution in [2.75, 3.05) is 12.4 Å². The molecule has 3 rings (SSSR count). The van der Waals surface area contributed by atoms with Crippen LogP contribution in [0.5, 0.6) is 11.5 Å². The molecule has 0 aliphatic rings. The van der Waals surface area contributed by atoms with Gasteiger partial charge in [0.05, 0.1) is 12.7 Å². The van der Waals surface area contributed by atoms with Gasteiger partial charge in [0.2, 0.25) is 0 Å². The molecular formula is C23H20BrCl2NO4. The first-order chi connectivity index (χ1) is 14.8. The minimum atomic E-state index is -0.980. The third-order valence-electron chi connectivity index (χ3n) is 4.75. The molecule has 0 aliphatic carbocycles. The number of ether oxygens (including phenoxy) is 2. The maximum atomic E-state index is 11.3. The molecule has 3 aromatic rings. The van der Waals surface area contributed by atoms with Crippen molar-refractivity contribution >= 4 is 50.8 Å². The van der Waals surface area contributed by atoms with Gasteiger partial charge in [-0.25, -0.2) is 4.79 Å². The summed E-state index contributed by atoms with van der Waals surface area (Å²) in [4.78, 5) is 11.3. The molecule has 162 valence electrons. The summed E-state index contributed by atoms with van der Waals surface area (Å²) in [5, 5.41) is 13.6. The molecule has 0 fully saturated rings. The zero-order chi connectivity index (χ0) is 22.5. The van der Waals surface area contributed by atoms with Gasteiger partial charge in [-0.2, -0.15) is 0 Å². The van der Waals surface area contributed by atoms with Gasteiger partial charge in [-0.05, 0) is 48.9 Å². The normalized spacial score (nSPS) is 10.6. The van der Waals surface area contributed by atoms with Crippen LogP contribution in [-0.2, 0) is 13.2 Å². The molecule has 0 atom stereocenters. The van der Waals surface area contributed by atoms with E-state index in [9.17, 15) is 9.90 Å². The van der Waals surface area contributed by atoms with Gasteiger partial charge in [0.15, 0.2) is 11.5 Å². The van der Waals surface area contributed by atoms with E-state index < -0.39 is 5.97 Å². The fourth-order valence-corrected chi connectivity index (χ4v) is 3.97. The number of rotatable bonds is 8. The Morgan fingerprint density at radius 2 is 1.81 bits per heavy atom. The molecule has 0 bridgehead atoms. The van der Waals surface area contributed by atoms with Crippen LogP contribution in [0.2, 0.25) is 10.0 Å². The Labute approximate surface area is 199 Å². The number of carboxylic acid groups (broad SMARTS) is 1. The number of anilines is 1. The van der Waals surface area contributed by atoms with Crippen LogP contribution < -0.4 is 14.8 Å². The standard InChI is InChI=1S/C23H20BrCl2NO4/c1-13-6-7-14(23(28)29)10-20(13)27-11-15-17(24)8-9-21(30-2)22(15)31-12-16-18(25)4-3-5-19(16)26/h3-10,27H,11-12H2,1-2H3,(H,28,29). The number of benzene rings is 3. The molecular weight excluding hydrogens is 505 g/mol. The van der Waals surface area contributed by atoms with Crippen LogP contribution in [0.4, 0.5) is 5.69 Å². The van der Waals surface area contributed by atoms with Crippen molar-refractivity contribution in [3.63, 3.8) is 0 Å². The Morgan fingerprint density at radius 3 is 2.45 bits per heavy atom. The van der Waals surface area contributed by atoms with Gasteiger partial charge >= 0.3 is 5.97 Å². The largest absolute Gasteiger partial charge is 0.493 e. The number of methoxy groups -OCH3 is 1. The Bertz CT molecular complexity index is 1100. The Kier molecular flexibility index (Phi) is 7.70. The fraction of sp³-hybridized carbons (Fsp3) is 0.174. The van der Waals surface area contributed by atoms with Crippen LogP contribution in [0.1, 0.15) is 27.0 Å². The lowest BCUT2D eigenvalue weighted by atomic mass is 10.1. The molecule has 0 amide bonds. The van der Waals surface area contributed by atoms with Gasteiger partial charge in [-0.3, -0.25) is 0 Å². The molecule has 5 nitrogen and oxygen atoms in total. The van der Waals surface area contributed by atoms with Gasteiger partial charge in [-0.15, -0.1) is 0 Å². The molecule has 0 spiro atoms. The fourth-order valence-electron chi connectivity index (χ4n) is 3.01. The summed E-state index contributed by atoms with van der Waals surface area (Å²) >= 11 is 16.1. The molecule has 0 heterocycles. The zero-order valence-electron chi connectivity index (χ0n) is 16.8. The SMILES string of the molecule is COc1ccc(Br)c(CNc2cc(C(=O)O)ccc2C)c1OCc1c(Cl)cccc1Cl. The number of carbonyl (C=O) groups is 1. The van der Waals surface area contributed by atoms with Crippen LogP contribution in [0.3, 0.4) is 0 Å². The maximum absolute atomic E-state index is 11.3. The number of aromatic carboxylic acids is 1. The third kappa shape index (κ3) is 5.45. The summed E-state index contributed by atoms with van der Waals surface area (Å²) in [6.45, 7) is 2.44. The molecule has 31 heavy (non-hydrogen) atoms. The van der Waals surface area contributed by atoms with Crippen molar-refractivity contribution in [2.45, 2.75) is 20.1 Å². The molecule has 0 aromatic heterocycles. The van der Waals surface area contributed by atoms with Gasteiger partial charge in [0.25, 0.3) is 0 Å². The molecule has 0 unspecified atom stereocenters. The summed E-state index contributed by atoms with van der Waals surface area (Å²) in [6.07, 6.45) is 0. The first-order valence-electron chi connectivity index (χ1n) is 9.30. The highest BCUT2D eigenvalue weighted by Gasteiger charge is 2.17. The van der Waals surface area contributed by atoms with Crippen LogP contribution in [0, 0.1) is 6.92 Å². The Morgan fingerprint density at radius 1 is 1.10 bits per heavy atom. The van der Waals surface area contributed by atoms with E-state index in [0.29, 0.717) is 33.7 Å². The average molecular weight is 525 g/mol. The van der Waals surface area contributed by atoms with Crippen molar-refractivity contribution in [1.29, 1.82) is 0 Å². The zero-order valence-corrected chi connectivity index (χ0v) is 19.9. The summed E-state index contributed by atoms with van der Waals surface area (Å²) in [5.41, 5.74) is 3.34. The van der Waals surface area contributed by atoms with Crippen molar-refractivity contribution in [2.24, 2.45) is 0 Å². The molecule has 0 saturated heterocycles. The van der Waals surface area contributed by atoms with Crippen LogP contribution in [0.15, 0.2) is 53.0 Å². The maximum Gasteiger partial charge on any atom is 0.335 e. The van der Waals surface area contributed by atoms with E-state index in [0.717, 1.165) is 21.3 Å². The first kappa shape index (κ1) is 23.3. The van der Waals surface area contributed by atoms with Crippen LogP contribution in [0.25, 0.3) is 0 Å². The third-order valence-corrected chi connectivity index (χ3v) is 6.20. The second kappa shape index (κ2) is 10.3. The number of halogens is 3. The Balaban J connectivity index is 1.90. The van der Waals surface area contributed by atoms with Gasteiger partial charge in [0, 0.05) is 37.9 Å². The van der Waals surface area contributed by atoms with E-state index in [2.05, 4.69) is 21.2 Å². The molecule has 0 saturated carbocycles. The minimum Gasteiger partial charge on any atom is -0.493 e. The number of hydrogen-bond acceptors (Lipinski definition) is 4. The molecule has 8 heteroatoms. The van der Waals surface area contributed by atoms with Crippen molar-refractivity contribution in [3.8, 4) is 11.5 Å². The second-order valence-electron chi connectivity index (χ2n) is 6.73. The van der Waals surface area contributed by atoms with Crippen molar-refractivity contribution in [3.05, 3.63) is 85.3 Å². The van der Waals surface area contributed by atoms with Crippen LogP contribution >= 0.6 is 39.1 Å². The van der Waals surface area contributed by atoms with Gasteiger partial charge < -0.3 is 19.9 Å². The number of nitrogens with one attached hydrogen (secondary N) is 1. The highest BCUT2D eigenvalue weighted by atomic mass is 79.9. The Hall–Kier alpha value is -2.41. The van der Waals surface area contributed by atoms with E-state index in [1.807, 2.05) is 13.0 Å². The second-order valence-corrected chi connectivity index (χ2v) is 8.40. The topological polar surface area (TPSA) is 67.8 Å². The quantitative estimate of drug-likeness (QED) is 0.333. The van der Waals surface area contributed by atoms with E-state index >= 15 is 0 Å². The predicted octanol–water partition coefficient (Wildman–Crippen LogP) is 6.96. The number of hydrogen-bond donors (Lipinski definition) is 2. The van der Waals surface area contributed by atoms with Crippen LogP contribution in [-0.4, -0.2) is 18.2 Å². The summed E-state index contributed by atoms with van der Waals surface area (Å²) < 4.78 is 12.4. The summed E-state index contributed by atoms with van der Waals surface area (Å²) in [6, 6.07) is 13.9. The smallest absolute Gasteiger partial charge is 0.335 e. The first-order valence-corrected chi connectivity index (χ1v) is 10.9. The van der Waals surface area contributed by atoms with Gasteiger partial charge in [0.1, 0.15) is 6.61 Å². The predicted molar refractivity (Wildman–Crippen MR) is 127 cm³/mol. The van der Waals surface area contributed by atoms with Crippen molar-refractivity contribution < 1.29 is 19.4 Å². The van der Waals surface area contributed by atoms with Crippen molar-refractivity contribution in [1.82, 2.24) is 0 Å². The van der Waals surface area contributed by atoms with Gasteiger partial charge in [-0.1, -0.05) is 51.3 Å². The lowest BCUT2D eigenvalue weighted by Gasteiger charge is -2.19. The molecule has 0 aliphatic heterocycles. The molecule has 2 N–H and O–H groups in total. The molecule has 0 radical (unpaired) electrons. The highest BCUT2D eigenvalue weighted by Crippen LogP contribution is 2.38. The average Bonchev–Trinajstić information content (AvgIpc) is 2.73. The summed E-state index contributed by atoms with van der Waals surface area (Å²) in [7, 11) is 1.57. The molecule has 3 aromatic carbocycles. The highest BCUT2D eigenvalue weighted by molar-refractivity contribution is 9.10. The monoisotopic (exact) mass is 523 g/mol. The summed E-state index contributed by atoms with van der Waals surface area (Å²) in [5.74, 6) is 0.109. The van der Waals surface area contributed by atoms with E-state index in [4.69, 9.17) is 32.7 Å². The van der Waals surface area contributed by atoms with E-state index in [1.54, 1.807) is 49.6 Å². The lowest BCUT2D eigenvalue weighted by Crippen LogP contribution is -2.08. The van der Waals surface area contributed by atoms with E-state index in [-0.39, 0.29) is 12.2 Å². The number of carboxylic acids is 1. The lowest BCUT2D eigenvalue weighted by molar-refractivity contribution is 0.0697.